The minimum atomic E-state index is -3.81. The van der Waals surface area contributed by atoms with Gasteiger partial charge in [0.2, 0.25) is 10.0 Å². The van der Waals surface area contributed by atoms with Gasteiger partial charge in [0.05, 0.1) is 16.4 Å². The van der Waals surface area contributed by atoms with Gasteiger partial charge in [-0.2, -0.15) is 9.57 Å². The Bertz CT molecular complexity index is 895. The van der Waals surface area contributed by atoms with Crippen molar-refractivity contribution in [1.82, 2.24) is 9.21 Å². The molecule has 9 heteroatoms. The van der Waals surface area contributed by atoms with Gasteiger partial charge in [0.15, 0.2) is 6.61 Å². The predicted molar refractivity (Wildman–Crippen MR) is 104 cm³/mol. The molecule has 1 saturated heterocycles. The third kappa shape index (κ3) is 4.95. The molecule has 1 aliphatic carbocycles. The monoisotopic (exact) mass is 419 g/mol. The van der Waals surface area contributed by atoms with Crippen LogP contribution in [0.5, 0.6) is 0 Å². The van der Waals surface area contributed by atoms with Crippen LogP contribution in [-0.4, -0.2) is 62.3 Å². The molecule has 29 heavy (non-hydrogen) atoms. The van der Waals surface area contributed by atoms with Crippen LogP contribution in [0.25, 0.3) is 0 Å². The van der Waals surface area contributed by atoms with Crippen molar-refractivity contribution in [3.63, 3.8) is 0 Å². The van der Waals surface area contributed by atoms with Gasteiger partial charge in [-0.15, -0.1) is 0 Å². The summed E-state index contributed by atoms with van der Waals surface area (Å²) in [4.78, 5) is 25.9. The molecule has 1 heterocycles. The van der Waals surface area contributed by atoms with E-state index in [4.69, 9.17) is 10.00 Å². The largest absolute Gasteiger partial charge is 0.455 e. The molecule has 1 aromatic carbocycles. The van der Waals surface area contributed by atoms with Gasteiger partial charge in [0.25, 0.3) is 5.91 Å². The number of piperazine rings is 1. The number of nitriles is 1. The molecular formula is C20H25N3O5S. The van der Waals surface area contributed by atoms with Crippen molar-refractivity contribution in [2.24, 2.45) is 5.92 Å². The summed E-state index contributed by atoms with van der Waals surface area (Å²) in [6, 6.07) is 7.97. The van der Waals surface area contributed by atoms with Gasteiger partial charge in [-0.3, -0.25) is 9.59 Å². The molecule has 0 atom stereocenters. The molecule has 0 unspecified atom stereocenters. The van der Waals surface area contributed by atoms with E-state index in [9.17, 15) is 18.0 Å². The highest BCUT2D eigenvalue weighted by Crippen LogP contribution is 2.25. The molecule has 0 radical (unpaired) electrons. The minimum Gasteiger partial charge on any atom is -0.455 e. The summed E-state index contributed by atoms with van der Waals surface area (Å²) in [5, 5.41) is 9.17. The van der Waals surface area contributed by atoms with Crippen LogP contribution in [-0.2, 0) is 24.3 Å². The summed E-state index contributed by atoms with van der Waals surface area (Å²) in [6.07, 6.45) is 4.79. The Balaban J connectivity index is 1.52. The van der Waals surface area contributed by atoms with Gasteiger partial charge >= 0.3 is 5.97 Å². The summed E-state index contributed by atoms with van der Waals surface area (Å²) in [6.45, 7) is 0.385. The standard InChI is InChI=1S/C20H25N3O5S/c21-14-17-8-4-5-9-18(17)29(26,27)23-12-10-22(11-13-23)19(24)15-28-20(25)16-6-2-1-3-7-16/h4-5,8-9,16H,1-3,6-7,10-13,15H2. The van der Waals surface area contributed by atoms with E-state index in [0.29, 0.717) is 0 Å². The van der Waals surface area contributed by atoms with E-state index >= 15 is 0 Å². The molecule has 0 spiro atoms. The Morgan fingerprint density at radius 2 is 1.72 bits per heavy atom. The maximum Gasteiger partial charge on any atom is 0.309 e. The number of carbonyl (C=O) groups is 2. The second-order valence-corrected chi connectivity index (χ2v) is 9.24. The Kier molecular flexibility index (Phi) is 6.87. The molecule has 1 aromatic rings. The zero-order valence-corrected chi connectivity index (χ0v) is 17.1. The topological polar surface area (TPSA) is 108 Å². The molecule has 156 valence electrons. The fourth-order valence-corrected chi connectivity index (χ4v) is 5.35. The number of benzene rings is 1. The van der Waals surface area contributed by atoms with Crippen molar-refractivity contribution in [1.29, 1.82) is 5.26 Å². The highest BCUT2D eigenvalue weighted by molar-refractivity contribution is 7.89. The molecule has 1 aliphatic heterocycles. The molecule has 2 aliphatic rings. The second kappa shape index (κ2) is 9.37. The molecule has 1 saturated carbocycles. The molecule has 2 fully saturated rings. The van der Waals surface area contributed by atoms with Crippen LogP contribution in [0.3, 0.4) is 0 Å². The summed E-state index contributed by atoms with van der Waals surface area (Å²) >= 11 is 0. The number of esters is 1. The number of nitrogens with zero attached hydrogens (tertiary/aromatic N) is 3. The summed E-state index contributed by atoms with van der Waals surface area (Å²) in [7, 11) is -3.81. The van der Waals surface area contributed by atoms with Gasteiger partial charge in [0.1, 0.15) is 6.07 Å². The van der Waals surface area contributed by atoms with E-state index < -0.39 is 10.0 Å². The van der Waals surface area contributed by atoms with Crippen molar-refractivity contribution >= 4 is 21.9 Å². The van der Waals surface area contributed by atoms with Crippen LogP contribution in [0.4, 0.5) is 0 Å². The molecule has 1 amide bonds. The van der Waals surface area contributed by atoms with E-state index in [2.05, 4.69) is 0 Å². The lowest BCUT2D eigenvalue weighted by Gasteiger charge is -2.34. The fraction of sp³-hybridized carbons (Fsp3) is 0.550. The lowest BCUT2D eigenvalue weighted by molar-refractivity contribution is -0.156. The number of hydrogen-bond donors (Lipinski definition) is 0. The van der Waals surface area contributed by atoms with Crippen molar-refractivity contribution < 1.29 is 22.7 Å². The molecule has 8 nitrogen and oxygen atoms in total. The van der Waals surface area contributed by atoms with Crippen LogP contribution in [0, 0.1) is 17.2 Å². The fourth-order valence-electron chi connectivity index (χ4n) is 3.78. The summed E-state index contributed by atoms with van der Waals surface area (Å²) < 4.78 is 32.1. The van der Waals surface area contributed by atoms with Crippen molar-refractivity contribution in [2.75, 3.05) is 32.8 Å². The van der Waals surface area contributed by atoms with Gasteiger partial charge in [-0.05, 0) is 25.0 Å². The smallest absolute Gasteiger partial charge is 0.309 e. The molecule has 0 aromatic heterocycles. The van der Waals surface area contributed by atoms with Crippen molar-refractivity contribution in [3.05, 3.63) is 29.8 Å². The second-order valence-electron chi connectivity index (χ2n) is 7.34. The third-order valence-corrected chi connectivity index (χ3v) is 7.45. The summed E-state index contributed by atoms with van der Waals surface area (Å²) in [5.74, 6) is -0.741. The zero-order valence-electron chi connectivity index (χ0n) is 16.2. The molecule has 3 rings (SSSR count). The number of hydrogen-bond acceptors (Lipinski definition) is 6. The maximum absolute atomic E-state index is 12.8. The normalized spacial score (nSPS) is 18.8. The van der Waals surface area contributed by atoms with Crippen molar-refractivity contribution in [3.8, 4) is 6.07 Å². The predicted octanol–water partition coefficient (Wildman–Crippen LogP) is 1.51. The Morgan fingerprint density at radius 1 is 1.07 bits per heavy atom. The lowest BCUT2D eigenvalue weighted by Crippen LogP contribution is -2.51. The highest BCUT2D eigenvalue weighted by Gasteiger charge is 2.32. The van der Waals surface area contributed by atoms with Gasteiger partial charge in [0, 0.05) is 26.2 Å². The quantitative estimate of drug-likeness (QED) is 0.670. The van der Waals surface area contributed by atoms with Crippen LogP contribution in [0.1, 0.15) is 37.7 Å². The Labute approximate surface area is 171 Å². The van der Waals surface area contributed by atoms with E-state index in [1.54, 1.807) is 12.1 Å². The van der Waals surface area contributed by atoms with Gasteiger partial charge in [-0.1, -0.05) is 31.4 Å². The molecule has 0 bridgehead atoms. The highest BCUT2D eigenvalue weighted by atomic mass is 32.2. The average molecular weight is 420 g/mol. The first-order valence-electron chi connectivity index (χ1n) is 9.87. The molecule has 0 N–H and O–H groups in total. The number of ether oxygens (including phenoxy) is 1. The van der Waals surface area contributed by atoms with Crippen LogP contribution in [0.2, 0.25) is 0 Å². The first kappa shape index (κ1) is 21.3. The molecular weight excluding hydrogens is 394 g/mol. The lowest BCUT2D eigenvalue weighted by atomic mass is 9.89. The van der Waals surface area contributed by atoms with Crippen LogP contribution >= 0.6 is 0 Å². The minimum absolute atomic E-state index is 0.0244. The third-order valence-electron chi connectivity index (χ3n) is 5.49. The number of sulfonamides is 1. The summed E-state index contributed by atoms with van der Waals surface area (Å²) in [5.41, 5.74) is 0.0978. The SMILES string of the molecule is N#Cc1ccccc1S(=O)(=O)N1CCN(C(=O)COC(=O)C2CCCCC2)CC1. The van der Waals surface area contributed by atoms with E-state index in [-0.39, 0.29) is 61.0 Å². The van der Waals surface area contributed by atoms with Crippen LogP contribution in [0.15, 0.2) is 29.2 Å². The number of amides is 1. The van der Waals surface area contributed by atoms with E-state index in [1.807, 2.05) is 6.07 Å². The first-order chi connectivity index (χ1) is 13.9. The maximum atomic E-state index is 12.8. The number of carbonyl (C=O) groups excluding carboxylic acids is 2. The van der Waals surface area contributed by atoms with Crippen LogP contribution < -0.4 is 0 Å². The van der Waals surface area contributed by atoms with Gasteiger partial charge < -0.3 is 9.64 Å². The van der Waals surface area contributed by atoms with E-state index in [0.717, 1.165) is 32.1 Å². The first-order valence-corrected chi connectivity index (χ1v) is 11.3. The van der Waals surface area contributed by atoms with Crippen molar-refractivity contribution in [2.45, 2.75) is 37.0 Å². The zero-order chi connectivity index (χ0) is 20.9. The average Bonchev–Trinajstić information content (AvgIpc) is 2.77. The Hall–Kier alpha value is -2.44. The number of rotatable bonds is 5. The Morgan fingerprint density at radius 3 is 2.38 bits per heavy atom. The van der Waals surface area contributed by atoms with Gasteiger partial charge in [-0.25, -0.2) is 8.42 Å². The van der Waals surface area contributed by atoms with E-state index in [1.165, 1.54) is 21.3 Å².